The summed E-state index contributed by atoms with van der Waals surface area (Å²) in [4.78, 5) is 24.4. The fraction of sp³-hybridized carbons (Fsp3) is 0.391. The van der Waals surface area contributed by atoms with Crippen LogP contribution in [0.25, 0.3) is 0 Å². The molecule has 0 saturated heterocycles. The Bertz CT molecular complexity index is 788. The quantitative estimate of drug-likeness (QED) is 0.433. The van der Waals surface area contributed by atoms with Gasteiger partial charge in [0.1, 0.15) is 18.1 Å². The molecule has 0 fully saturated rings. The third-order valence-electron chi connectivity index (χ3n) is 4.19. The van der Waals surface area contributed by atoms with Gasteiger partial charge in [0, 0.05) is 17.7 Å². The van der Waals surface area contributed by atoms with E-state index in [1.165, 1.54) is 0 Å². The number of nitrogens with one attached hydrogen (secondary N) is 2. The Labute approximate surface area is 177 Å². The van der Waals surface area contributed by atoms with E-state index >= 15 is 0 Å². The van der Waals surface area contributed by atoms with Gasteiger partial charge in [-0.1, -0.05) is 13.8 Å². The van der Waals surface area contributed by atoms with Crippen LogP contribution >= 0.6 is 0 Å². The summed E-state index contributed by atoms with van der Waals surface area (Å²) in [7, 11) is 0. The Morgan fingerprint density at radius 1 is 0.767 bits per heavy atom. The van der Waals surface area contributed by atoms with Crippen molar-refractivity contribution in [1.82, 2.24) is 10.9 Å². The zero-order valence-electron chi connectivity index (χ0n) is 17.8. The Kier molecular flexibility index (Phi) is 9.67. The molecule has 0 aliphatic carbocycles. The molecule has 0 unspecified atom stereocenters. The van der Waals surface area contributed by atoms with Gasteiger partial charge in [-0.2, -0.15) is 0 Å². The number of hydrogen-bond donors (Lipinski definition) is 2. The third kappa shape index (κ3) is 8.13. The summed E-state index contributed by atoms with van der Waals surface area (Å²) >= 11 is 0. The van der Waals surface area contributed by atoms with E-state index in [1.807, 2.05) is 6.92 Å². The highest BCUT2D eigenvalue weighted by atomic mass is 16.5. The van der Waals surface area contributed by atoms with E-state index < -0.39 is 11.8 Å². The van der Waals surface area contributed by atoms with Crippen molar-refractivity contribution in [3.8, 4) is 11.5 Å². The monoisotopic (exact) mass is 414 g/mol. The number of benzene rings is 2. The van der Waals surface area contributed by atoms with Crippen LogP contribution in [0.3, 0.4) is 0 Å². The van der Waals surface area contributed by atoms with Crippen LogP contribution in [0.4, 0.5) is 0 Å². The number of rotatable bonds is 11. The minimum absolute atomic E-state index is 0.404. The van der Waals surface area contributed by atoms with Gasteiger partial charge in [0.2, 0.25) is 0 Å². The van der Waals surface area contributed by atoms with Crippen LogP contribution in [0, 0.1) is 5.92 Å². The molecule has 0 radical (unpaired) electrons. The largest absolute Gasteiger partial charge is 0.494 e. The molecule has 0 aliphatic heterocycles. The van der Waals surface area contributed by atoms with Crippen molar-refractivity contribution in [1.29, 1.82) is 0 Å². The van der Waals surface area contributed by atoms with E-state index in [1.54, 1.807) is 48.5 Å². The molecular weight excluding hydrogens is 384 g/mol. The Morgan fingerprint density at radius 2 is 1.23 bits per heavy atom. The average Bonchev–Trinajstić information content (AvgIpc) is 2.75. The summed E-state index contributed by atoms with van der Waals surface area (Å²) in [6.07, 6.45) is 0.967. The van der Waals surface area contributed by atoms with Crippen molar-refractivity contribution < 1.29 is 23.8 Å². The molecule has 30 heavy (non-hydrogen) atoms. The Balaban J connectivity index is 1.77. The molecule has 2 rings (SSSR count). The summed E-state index contributed by atoms with van der Waals surface area (Å²) in [6, 6.07) is 13.4. The highest BCUT2D eigenvalue weighted by Gasteiger charge is 2.10. The molecule has 2 aromatic carbocycles. The van der Waals surface area contributed by atoms with Gasteiger partial charge < -0.3 is 14.2 Å². The average molecular weight is 415 g/mol. The van der Waals surface area contributed by atoms with Crippen LogP contribution in [0.2, 0.25) is 0 Å². The lowest BCUT2D eigenvalue weighted by Gasteiger charge is -2.10. The maximum Gasteiger partial charge on any atom is 0.269 e. The van der Waals surface area contributed by atoms with E-state index in [9.17, 15) is 9.59 Å². The lowest BCUT2D eigenvalue weighted by molar-refractivity contribution is 0.0846. The maximum absolute atomic E-state index is 12.2. The second-order valence-corrected chi connectivity index (χ2v) is 7.03. The molecule has 0 atom stereocenters. The molecule has 0 spiro atoms. The van der Waals surface area contributed by atoms with Crippen LogP contribution in [-0.4, -0.2) is 38.2 Å². The molecule has 162 valence electrons. The lowest BCUT2D eigenvalue weighted by atomic mass is 10.1. The van der Waals surface area contributed by atoms with Crippen molar-refractivity contribution in [3.63, 3.8) is 0 Å². The fourth-order valence-electron chi connectivity index (χ4n) is 2.44. The number of hydrogen-bond acceptors (Lipinski definition) is 5. The fourth-order valence-corrected chi connectivity index (χ4v) is 2.44. The van der Waals surface area contributed by atoms with Crippen LogP contribution < -0.4 is 20.3 Å². The zero-order chi connectivity index (χ0) is 21.8. The number of amides is 2. The van der Waals surface area contributed by atoms with E-state index in [0.717, 1.165) is 6.42 Å². The molecule has 2 aromatic rings. The van der Waals surface area contributed by atoms with Gasteiger partial charge in [-0.15, -0.1) is 0 Å². The number of carbonyl (C=O) groups is 2. The molecule has 0 aliphatic rings. The second kappa shape index (κ2) is 12.5. The molecule has 7 heteroatoms. The topological polar surface area (TPSA) is 85.9 Å². The van der Waals surface area contributed by atoms with Crippen molar-refractivity contribution in [3.05, 3.63) is 59.7 Å². The molecule has 2 N–H and O–H groups in total. The second-order valence-electron chi connectivity index (χ2n) is 7.03. The number of hydrazine groups is 1. The SMILES string of the molecule is CCOCCOc1ccc(C(=O)NNC(=O)c2ccc(OCCC(C)C)cc2)cc1. The molecule has 0 bridgehead atoms. The van der Waals surface area contributed by atoms with Gasteiger partial charge in [0.15, 0.2) is 0 Å². The van der Waals surface area contributed by atoms with E-state index in [4.69, 9.17) is 14.2 Å². The molecule has 0 aromatic heterocycles. The van der Waals surface area contributed by atoms with Gasteiger partial charge in [0.25, 0.3) is 11.8 Å². The molecular formula is C23H30N2O5. The van der Waals surface area contributed by atoms with Crippen molar-refractivity contribution in [2.75, 3.05) is 26.4 Å². The van der Waals surface area contributed by atoms with Gasteiger partial charge >= 0.3 is 0 Å². The van der Waals surface area contributed by atoms with Crippen LogP contribution in [0.15, 0.2) is 48.5 Å². The van der Waals surface area contributed by atoms with Crippen LogP contribution in [-0.2, 0) is 4.74 Å². The molecule has 0 saturated carbocycles. The molecule has 2 amide bonds. The summed E-state index contributed by atoms with van der Waals surface area (Å²) in [5, 5.41) is 0. The third-order valence-corrected chi connectivity index (χ3v) is 4.19. The predicted molar refractivity (Wildman–Crippen MR) is 115 cm³/mol. The van der Waals surface area contributed by atoms with Gasteiger partial charge in [-0.3, -0.25) is 20.4 Å². The molecule has 7 nitrogen and oxygen atoms in total. The highest BCUT2D eigenvalue weighted by Crippen LogP contribution is 2.14. The standard InChI is InChI=1S/C23H30N2O5/c1-4-28-15-16-30-21-11-7-19(8-12-21)23(27)25-24-22(26)18-5-9-20(10-6-18)29-14-13-17(2)3/h5-12,17H,4,13-16H2,1-3H3,(H,24,26)(H,25,27). The first kappa shape index (κ1) is 23.2. The van der Waals surface area contributed by atoms with Gasteiger partial charge in [0.05, 0.1) is 13.2 Å². The lowest BCUT2D eigenvalue weighted by Crippen LogP contribution is -2.41. The highest BCUT2D eigenvalue weighted by molar-refractivity contribution is 5.99. The first-order valence-corrected chi connectivity index (χ1v) is 10.1. The molecule has 0 heterocycles. The van der Waals surface area contributed by atoms with Crippen LogP contribution in [0.1, 0.15) is 47.9 Å². The summed E-state index contributed by atoms with van der Waals surface area (Å²) in [5.74, 6) is 1.10. The summed E-state index contributed by atoms with van der Waals surface area (Å²) in [6.45, 7) is 8.42. The Morgan fingerprint density at radius 3 is 1.67 bits per heavy atom. The van der Waals surface area contributed by atoms with E-state index in [0.29, 0.717) is 55.0 Å². The van der Waals surface area contributed by atoms with Gasteiger partial charge in [-0.05, 0) is 67.8 Å². The number of carbonyl (C=O) groups excluding carboxylic acids is 2. The predicted octanol–water partition coefficient (Wildman–Crippen LogP) is 3.60. The number of ether oxygens (including phenoxy) is 3. The van der Waals surface area contributed by atoms with Gasteiger partial charge in [-0.25, -0.2) is 0 Å². The maximum atomic E-state index is 12.2. The Hall–Kier alpha value is -3.06. The minimum atomic E-state index is -0.419. The minimum Gasteiger partial charge on any atom is -0.494 e. The van der Waals surface area contributed by atoms with E-state index in [2.05, 4.69) is 24.7 Å². The first-order valence-electron chi connectivity index (χ1n) is 10.1. The zero-order valence-corrected chi connectivity index (χ0v) is 17.8. The smallest absolute Gasteiger partial charge is 0.269 e. The summed E-state index contributed by atoms with van der Waals surface area (Å²) in [5.41, 5.74) is 5.64. The van der Waals surface area contributed by atoms with Crippen molar-refractivity contribution >= 4 is 11.8 Å². The normalized spacial score (nSPS) is 10.5. The van der Waals surface area contributed by atoms with Crippen molar-refractivity contribution in [2.24, 2.45) is 5.92 Å². The van der Waals surface area contributed by atoms with E-state index in [-0.39, 0.29) is 0 Å². The first-order chi connectivity index (χ1) is 14.5. The van der Waals surface area contributed by atoms with Crippen LogP contribution in [0.5, 0.6) is 11.5 Å². The van der Waals surface area contributed by atoms with Crippen molar-refractivity contribution in [2.45, 2.75) is 27.2 Å². The summed E-state index contributed by atoms with van der Waals surface area (Å²) < 4.78 is 16.3.